The Morgan fingerprint density at radius 3 is 2.73 bits per heavy atom. The van der Waals surface area contributed by atoms with E-state index in [4.69, 9.17) is 9.47 Å². The molecule has 7 nitrogen and oxygen atoms in total. The lowest BCUT2D eigenvalue weighted by molar-refractivity contribution is -0.0172. The van der Waals surface area contributed by atoms with E-state index in [0.29, 0.717) is 32.1 Å². The third-order valence-electron chi connectivity index (χ3n) is 5.34. The minimum atomic E-state index is -0.281. The fourth-order valence-corrected chi connectivity index (χ4v) is 3.90. The Balaban J connectivity index is 0.00000306. The van der Waals surface area contributed by atoms with E-state index in [2.05, 4.69) is 38.9 Å². The van der Waals surface area contributed by atoms with Gasteiger partial charge >= 0.3 is 0 Å². The third kappa shape index (κ3) is 6.02. The molecule has 4 rings (SSSR count). The van der Waals surface area contributed by atoms with E-state index >= 15 is 0 Å². The Bertz CT molecular complexity index is 1130. The number of hydrogen-bond acceptors (Lipinski definition) is 4. The Morgan fingerprint density at radius 2 is 1.97 bits per heavy atom. The molecule has 1 aliphatic heterocycles. The van der Waals surface area contributed by atoms with Gasteiger partial charge in [0.1, 0.15) is 11.6 Å². The number of nitrogens with one attached hydrogen (secondary N) is 2. The third-order valence-corrected chi connectivity index (χ3v) is 5.34. The van der Waals surface area contributed by atoms with Crippen molar-refractivity contribution in [1.82, 2.24) is 20.4 Å². The normalized spacial score (nSPS) is 13.0. The molecule has 9 heteroatoms. The number of hydrogen-bond donors (Lipinski definition) is 2. The van der Waals surface area contributed by atoms with Crippen molar-refractivity contribution in [3.05, 3.63) is 76.4 Å². The van der Waals surface area contributed by atoms with Crippen molar-refractivity contribution in [1.29, 1.82) is 0 Å². The second-order valence-corrected chi connectivity index (χ2v) is 7.73. The van der Waals surface area contributed by atoms with Crippen molar-refractivity contribution in [2.24, 2.45) is 4.99 Å². The molecule has 2 N–H and O–H groups in total. The van der Waals surface area contributed by atoms with Crippen LogP contribution in [0.15, 0.2) is 47.5 Å². The largest absolute Gasteiger partial charge is 0.467 e. The SMILES string of the molecule is CN=C(NCCc1cc(F)cc2c1OCOC2)NCc1ccccc1-n1nc(C)cc1C.I. The molecule has 0 aliphatic carbocycles. The summed E-state index contributed by atoms with van der Waals surface area (Å²) in [6, 6.07) is 13.2. The van der Waals surface area contributed by atoms with Crippen LogP contribution >= 0.6 is 24.0 Å². The van der Waals surface area contributed by atoms with Gasteiger partial charge in [0.25, 0.3) is 0 Å². The average molecular weight is 565 g/mol. The summed E-state index contributed by atoms with van der Waals surface area (Å²) in [6.07, 6.45) is 0.600. The number of guanidine groups is 1. The molecule has 0 spiro atoms. The summed E-state index contributed by atoms with van der Waals surface area (Å²) in [7, 11) is 1.73. The average Bonchev–Trinajstić information content (AvgIpc) is 3.13. The summed E-state index contributed by atoms with van der Waals surface area (Å²) >= 11 is 0. The first kappa shape index (κ1) is 25.0. The van der Waals surface area contributed by atoms with Gasteiger partial charge in [0.2, 0.25) is 0 Å². The smallest absolute Gasteiger partial charge is 0.191 e. The first-order valence-corrected chi connectivity index (χ1v) is 10.6. The highest BCUT2D eigenvalue weighted by Gasteiger charge is 2.17. The number of ether oxygens (including phenoxy) is 2. The molecule has 0 saturated carbocycles. The second-order valence-electron chi connectivity index (χ2n) is 7.73. The Kier molecular flexibility index (Phi) is 8.67. The highest BCUT2D eigenvalue weighted by molar-refractivity contribution is 14.0. The first-order valence-electron chi connectivity index (χ1n) is 10.6. The van der Waals surface area contributed by atoms with Crippen LogP contribution in [0.5, 0.6) is 5.75 Å². The van der Waals surface area contributed by atoms with Gasteiger partial charge < -0.3 is 20.1 Å². The number of nitrogens with zero attached hydrogens (tertiary/aromatic N) is 3. The molecule has 176 valence electrons. The van der Waals surface area contributed by atoms with Gasteiger partial charge in [0.15, 0.2) is 12.8 Å². The molecule has 1 aromatic heterocycles. The van der Waals surface area contributed by atoms with Crippen molar-refractivity contribution in [3.63, 3.8) is 0 Å². The van der Waals surface area contributed by atoms with E-state index in [1.54, 1.807) is 7.05 Å². The van der Waals surface area contributed by atoms with Crippen molar-refractivity contribution in [3.8, 4) is 11.4 Å². The number of fused-ring (bicyclic) bond motifs is 1. The minimum Gasteiger partial charge on any atom is -0.467 e. The van der Waals surface area contributed by atoms with E-state index in [9.17, 15) is 4.39 Å². The molecular formula is C24H29FIN5O2. The van der Waals surface area contributed by atoms with Crippen LogP contribution in [-0.4, -0.2) is 36.1 Å². The van der Waals surface area contributed by atoms with E-state index in [0.717, 1.165) is 39.5 Å². The zero-order valence-electron chi connectivity index (χ0n) is 19.0. The number of halogens is 2. The topological polar surface area (TPSA) is 72.7 Å². The second kappa shape index (κ2) is 11.5. The summed E-state index contributed by atoms with van der Waals surface area (Å²) in [5.74, 6) is 1.11. The zero-order valence-corrected chi connectivity index (χ0v) is 21.4. The maximum Gasteiger partial charge on any atom is 0.191 e. The molecule has 0 bridgehead atoms. The van der Waals surface area contributed by atoms with Crippen LogP contribution in [0.3, 0.4) is 0 Å². The van der Waals surface area contributed by atoms with Crippen LogP contribution < -0.4 is 15.4 Å². The number of benzene rings is 2. The monoisotopic (exact) mass is 565 g/mol. The standard InChI is InChI=1S/C24H28FN5O2.HI/c1-16-10-17(2)30(29-16)22-7-5-4-6-19(22)13-28-24(26-3)27-9-8-18-11-21(25)12-20-14-31-15-32-23(18)20;/h4-7,10-12H,8-9,13-15H2,1-3H3,(H2,26,27,28);1H. The van der Waals surface area contributed by atoms with Gasteiger partial charge in [0.05, 0.1) is 18.0 Å². The molecule has 0 fully saturated rings. The lowest BCUT2D eigenvalue weighted by Crippen LogP contribution is -2.38. The van der Waals surface area contributed by atoms with Crippen LogP contribution in [0.1, 0.15) is 28.1 Å². The van der Waals surface area contributed by atoms with Gasteiger partial charge in [-0.05, 0) is 55.7 Å². The molecule has 1 aliphatic rings. The molecule has 2 aromatic carbocycles. The lowest BCUT2D eigenvalue weighted by atomic mass is 10.1. The van der Waals surface area contributed by atoms with E-state index in [1.165, 1.54) is 12.1 Å². The summed E-state index contributed by atoms with van der Waals surface area (Å²) in [5, 5.41) is 11.3. The van der Waals surface area contributed by atoms with Crippen molar-refractivity contribution in [2.45, 2.75) is 33.4 Å². The predicted molar refractivity (Wildman–Crippen MR) is 137 cm³/mol. The maximum atomic E-state index is 13.9. The van der Waals surface area contributed by atoms with Gasteiger partial charge in [-0.2, -0.15) is 5.10 Å². The molecule has 0 saturated heterocycles. The predicted octanol–water partition coefficient (Wildman–Crippen LogP) is 4.02. The van der Waals surface area contributed by atoms with Crippen LogP contribution in [0, 0.1) is 19.7 Å². The Morgan fingerprint density at radius 1 is 1.15 bits per heavy atom. The molecule has 2 heterocycles. The number of rotatable bonds is 6. The number of aliphatic imine (C=N–C) groups is 1. The molecule has 0 atom stereocenters. The summed E-state index contributed by atoms with van der Waals surface area (Å²) in [6.45, 7) is 5.76. The highest BCUT2D eigenvalue weighted by atomic mass is 127. The summed E-state index contributed by atoms with van der Waals surface area (Å²) in [5.41, 5.74) is 5.78. The van der Waals surface area contributed by atoms with Crippen molar-refractivity contribution in [2.75, 3.05) is 20.4 Å². The van der Waals surface area contributed by atoms with Gasteiger partial charge in [-0.25, -0.2) is 9.07 Å². The van der Waals surface area contributed by atoms with Crippen LogP contribution in [0.2, 0.25) is 0 Å². The van der Waals surface area contributed by atoms with Gasteiger partial charge in [-0.15, -0.1) is 24.0 Å². The zero-order chi connectivity index (χ0) is 22.5. The lowest BCUT2D eigenvalue weighted by Gasteiger charge is -2.21. The van der Waals surface area contributed by atoms with Gasteiger partial charge in [0, 0.05) is 31.4 Å². The van der Waals surface area contributed by atoms with E-state index in [1.807, 2.05) is 30.7 Å². The first-order chi connectivity index (χ1) is 15.5. The summed E-state index contributed by atoms with van der Waals surface area (Å²) < 4.78 is 26.8. The minimum absolute atomic E-state index is 0. The fraction of sp³-hybridized carbons (Fsp3) is 0.333. The molecule has 33 heavy (non-hydrogen) atoms. The van der Waals surface area contributed by atoms with Crippen molar-refractivity contribution < 1.29 is 13.9 Å². The van der Waals surface area contributed by atoms with Gasteiger partial charge in [-0.1, -0.05) is 18.2 Å². The van der Waals surface area contributed by atoms with E-state index < -0.39 is 0 Å². The Labute approximate surface area is 210 Å². The maximum absolute atomic E-state index is 13.9. The Hall–Kier alpha value is -2.66. The van der Waals surface area contributed by atoms with Crippen LogP contribution in [-0.2, 0) is 24.3 Å². The van der Waals surface area contributed by atoms with Crippen molar-refractivity contribution >= 4 is 29.9 Å². The van der Waals surface area contributed by atoms with Crippen LogP contribution in [0.25, 0.3) is 5.69 Å². The molecule has 3 aromatic rings. The quantitative estimate of drug-likeness (QED) is 0.269. The van der Waals surface area contributed by atoms with Gasteiger partial charge in [-0.3, -0.25) is 4.99 Å². The van der Waals surface area contributed by atoms with Crippen LogP contribution in [0.4, 0.5) is 4.39 Å². The molecule has 0 unspecified atom stereocenters. The highest BCUT2D eigenvalue weighted by Crippen LogP contribution is 2.29. The number of para-hydroxylation sites is 1. The molecule has 0 radical (unpaired) electrons. The number of aromatic nitrogens is 2. The van der Waals surface area contributed by atoms with E-state index in [-0.39, 0.29) is 36.6 Å². The molecule has 0 amide bonds. The molecular weight excluding hydrogens is 536 g/mol. The fourth-order valence-electron chi connectivity index (χ4n) is 3.90. The summed E-state index contributed by atoms with van der Waals surface area (Å²) in [4.78, 5) is 4.31. The number of aryl methyl sites for hydroxylation is 2.